The lowest BCUT2D eigenvalue weighted by Gasteiger charge is -2.12. The Hall–Kier alpha value is -0.830. The Kier molecular flexibility index (Phi) is 4.97. The molecule has 1 N–H and O–H groups in total. The van der Waals surface area contributed by atoms with Gasteiger partial charge in [0.25, 0.3) is 5.69 Å². The van der Waals surface area contributed by atoms with Gasteiger partial charge in [0.2, 0.25) is 0 Å². The summed E-state index contributed by atoms with van der Waals surface area (Å²) in [4.78, 5) is 10.3. The van der Waals surface area contributed by atoms with E-state index >= 15 is 0 Å². The molecule has 1 unspecified atom stereocenters. The third-order valence-electron chi connectivity index (χ3n) is 2.19. The summed E-state index contributed by atoms with van der Waals surface area (Å²) in [7, 11) is -3.86. The maximum atomic E-state index is 10.9. The van der Waals surface area contributed by atoms with E-state index in [1.165, 1.54) is 18.2 Å². The number of nitro groups is 1. The lowest BCUT2D eigenvalue weighted by molar-refractivity contribution is -0.385. The van der Waals surface area contributed by atoms with Gasteiger partial charge in [-0.2, -0.15) is 8.42 Å². The molecule has 6 nitrogen and oxygen atoms in total. The van der Waals surface area contributed by atoms with Gasteiger partial charge >= 0.3 is 9.15 Å². The largest absolute Gasteiger partial charge is 0.319 e. The first-order chi connectivity index (χ1) is 8.22. The highest BCUT2D eigenvalue weighted by molar-refractivity contribution is 8.69. The molecular weight excluding hydrogens is 302 g/mol. The van der Waals surface area contributed by atoms with Crippen LogP contribution in [0.2, 0.25) is 5.02 Å². The van der Waals surface area contributed by atoms with Crippen molar-refractivity contribution in [2.45, 2.75) is 12.8 Å². The Balaban J connectivity index is 3.04. The van der Waals surface area contributed by atoms with Crippen molar-refractivity contribution in [1.29, 1.82) is 0 Å². The number of benzene rings is 1. The molecule has 0 aromatic heterocycles. The molecule has 9 heteroatoms. The predicted octanol–water partition coefficient (Wildman–Crippen LogP) is 2.89. The maximum absolute atomic E-state index is 10.9. The monoisotopic (exact) mass is 311 g/mol. The molecule has 0 heterocycles. The summed E-state index contributed by atoms with van der Waals surface area (Å²) in [5.41, 5.74) is 0.103. The minimum atomic E-state index is -4.17. The molecule has 0 fully saturated rings. The first kappa shape index (κ1) is 15.2. The number of nitro benzene ring substituents is 1. The first-order valence-corrected chi connectivity index (χ1v) is 8.09. The van der Waals surface area contributed by atoms with Crippen LogP contribution in [-0.4, -0.2) is 23.6 Å². The van der Waals surface area contributed by atoms with Crippen molar-refractivity contribution in [3.05, 3.63) is 38.9 Å². The Morgan fingerprint density at radius 3 is 2.67 bits per heavy atom. The molecule has 18 heavy (non-hydrogen) atoms. The minimum absolute atomic E-state index is 0.0244. The van der Waals surface area contributed by atoms with E-state index in [1.54, 1.807) is 6.92 Å². The highest BCUT2D eigenvalue weighted by Gasteiger charge is 2.23. The van der Waals surface area contributed by atoms with Crippen LogP contribution >= 0.6 is 22.4 Å². The van der Waals surface area contributed by atoms with Gasteiger partial charge in [-0.05, 0) is 22.8 Å². The first-order valence-electron chi connectivity index (χ1n) is 4.77. The molecule has 0 aliphatic rings. The van der Waals surface area contributed by atoms with Crippen molar-refractivity contribution in [1.82, 2.24) is 0 Å². The van der Waals surface area contributed by atoms with Gasteiger partial charge in [0.05, 0.1) is 15.5 Å². The minimum Gasteiger partial charge on any atom is -0.277 e. The van der Waals surface area contributed by atoms with Crippen LogP contribution in [0.15, 0.2) is 18.2 Å². The Bertz CT molecular complexity index is 560. The van der Waals surface area contributed by atoms with Gasteiger partial charge in [-0.25, -0.2) is 0 Å². The zero-order valence-corrected chi connectivity index (χ0v) is 11.6. The van der Waals surface area contributed by atoms with Crippen LogP contribution in [0.5, 0.6) is 0 Å². The quantitative estimate of drug-likeness (QED) is 0.388. The Morgan fingerprint density at radius 1 is 1.56 bits per heavy atom. The average molecular weight is 312 g/mol. The normalized spacial score (nSPS) is 13.3. The molecule has 1 rings (SSSR count). The van der Waals surface area contributed by atoms with Crippen molar-refractivity contribution < 1.29 is 17.9 Å². The molecule has 0 aliphatic heterocycles. The van der Waals surface area contributed by atoms with Crippen molar-refractivity contribution in [3.8, 4) is 0 Å². The molecule has 0 spiro atoms. The standard InChI is InChI=1S/C9H10ClNO5S2/c1-6(5-17-18(14,15)16)9-7(10)3-2-4-8(9)11(12)13/h2-4,6H,5H2,1H3,(H,14,15,16). The molecule has 0 aliphatic carbocycles. The summed E-state index contributed by atoms with van der Waals surface area (Å²) in [6.07, 6.45) is 0. The van der Waals surface area contributed by atoms with E-state index in [0.717, 1.165) is 0 Å². The van der Waals surface area contributed by atoms with Crippen molar-refractivity contribution in [2.75, 3.05) is 5.75 Å². The fourth-order valence-corrected chi connectivity index (χ4v) is 3.47. The van der Waals surface area contributed by atoms with Gasteiger partial charge < -0.3 is 0 Å². The average Bonchev–Trinajstić information content (AvgIpc) is 2.24. The lowest BCUT2D eigenvalue weighted by atomic mass is 10.0. The van der Waals surface area contributed by atoms with Crippen LogP contribution in [0, 0.1) is 10.1 Å². The van der Waals surface area contributed by atoms with Crippen LogP contribution in [-0.2, 0) is 9.15 Å². The van der Waals surface area contributed by atoms with Gasteiger partial charge in [-0.15, -0.1) is 0 Å². The zero-order valence-electron chi connectivity index (χ0n) is 9.24. The van der Waals surface area contributed by atoms with E-state index in [-0.39, 0.29) is 22.0 Å². The molecule has 0 amide bonds. The summed E-state index contributed by atoms with van der Waals surface area (Å²) in [5, 5.41) is 11.1. The highest BCUT2D eigenvalue weighted by atomic mass is 35.5. The van der Waals surface area contributed by atoms with Gasteiger partial charge in [0, 0.05) is 11.8 Å². The second-order valence-corrected chi connectivity index (χ2v) is 7.35. The van der Waals surface area contributed by atoms with Gasteiger partial charge in [-0.1, -0.05) is 24.6 Å². The molecule has 1 aromatic carbocycles. The van der Waals surface area contributed by atoms with Gasteiger partial charge in [0.15, 0.2) is 0 Å². The molecule has 100 valence electrons. The fourth-order valence-electron chi connectivity index (χ4n) is 1.44. The summed E-state index contributed by atoms with van der Waals surface area (Å²) in [6.45, 7) is 1.60. The molecule has 0 radical (unpaired) electrons. The highest BCUT2D eigenvalue weighted by Crippen LogP contribution is 2.35. The number of halogens is 1. The number of hydrogen-bond acceptors (Lipinski definition) is 5. The number of hydrogen-bond donors (Lipinski definition) is 1. The van der Waals surface area contributed by atoms with Crippen LogP contribution < -0.4 is 0 Å². The predicted molar refractivity (Wildman–Crippen MR) is 70.5 cm³/mol. The van der Waals surface area contributed by atoms with Crippen molar-refractivity contribution >= 4 is 37.2 Å². The molecule has 0 bridgehead atoms. The smallest absolute Gasteiger partial charge is 0.277 e. The van der Waals surface area contributed by atoms with Crippen molar-refractivity contribution in [2.24, 2.45) is 0 Å². The fraction of sp³-hybridized carbons (Fsp3) is 0.333. The summed E-state index contributed by atoms with van der Waals surface area (Å²) in [5.74, 6) is -0.505. The van der Waals surface area contributed by atoms with Crippen LogP contribution in [0.1, 0.15) is 18.4 Å². The maximum Gasteiger partial charge on any atom is 0.319 e. The zero-order chi connectivity index (χ0) is 13.9. The second-order valence-electron chi connectivity index (χ2n) is 3.54. The Labute approximate surface area is 113 Å². The number of rotatable bonds is 5. The van der Waals surface area contributed by atoms with E-state index in [2.05, 4.69) is 0 Å². The van der Waals surface area contributed by atoms with Crippen molar-refractivity contribution in [3.63, 3.8) is 0 Å². The lowest BCUT2D eigenvalue weighted by Crippen LogP contribution is -2.05. The van der Waals surface area contributed by atoms with Crippen LogP contribution in [0.25, 0.3) is 0 Å². The molecule has 0 saturated heterocycles. The topological polar surface area (TPSA) is 97.5 Å². The van der Waals surface area contributed by atoms with Crippen LogP contribution in [0.3, 0.4) is 0 Å². The summed E-state index contributed by atoms with van der Waals surface area (Å²) < 4.78 is 29.9. The Morgan fingerprint density at radius 2 is 2.17 bits per heavy atom. The summed E-state index contributed by atoms with van der Waals surface area (Å²) >= 11 is 5.89. The SMILES string of the molecule is CC(CSS(=O)(=O)O)c1c(Cl)cccc1[N+](=O)[O-]. The summed E-state index contributed by atoms with van der Waals surface area (Å²) in [6, 6.07) is 4.25. The molecule has 0 saturated carbocycles. The second kappa shape index (κ2) is 5.87. The third kappa shape index (κ3) is 4.13. The van der Waals surface area contributed by atoms with E-state index in [4.69, 9.17) is 16.2 Å². The molecular formula is C9H10ClNO5S2. The number of nitrogens with zero attached hydrogens (tertiary/aromatic N) is 1. The third-order valence-corrected chi connectivity index (χ3v) is 4.75. The van der Waals surface area contributed by atoms with Crippen LogP contribution in [0.4, 0.5) is 5.69 Å². The molecule has 1 atom stereocenters. The molecule has 1 aromatic rings. The van der Waals surface area contributed by atoms with E-state index in [1.807, 2.05) is 0 Å². The van der Waals surface area contributed by atoms with E-state index in [9.17, 15) is 18.5 Å². The van der Waals surface area contributed by atoms with E-state index in [0.29, 0.717) is 10.8 Å². The van der Waals surface area contributed by atoms with Gasteiger partial charge in [-0.3, -0.25) is 14.7 Å². The van der Waals surface area contributed by atoms with E-state index < -0.39 is 20.0 Å². The van der Waals surface area contributed by atoms with Gasteiger partial charge in [0.1, 0.15) is 0 Å².